The van der Waals surface area contributed by atoms with Gasteiger partial charge in [0.25, 0.3) is 0 Å². The second-order valence-electron chi connectivity index (χ2n) is 24.0. The first kappa shape index (κ1) is 77.8. The lowest BCUT2D eigenvalue weighted by Crippen LogP contribution is -2.62. The minimum atomic E-state index is -1.85. The average Bonchev–Trinajstić information content (AvgIpc) is 1.18. The van der Waals surface area contributed by atoms with E-state index in [-0.39, 0.29) is 37.4 Å². The van der Waals surface area contributed by atoms with Crippen LogP contribution in [0.2, 0.25) is 0 Å². The molecule has 0 bridgehead atoms. The van der Waals surface area contributed by atoms with E-state index in [1.54, 1.807) is 109 Å². The van der Waals surface area contributed by atoms with Crippen molar-refractivity contribution < 1.29 is 82.8 Å². The van der Waals surface area contributed by atoms with Crippen molar-refractivity contribution in [3.63, 3.8) is 0 Å². The van der Waals surface area contributed by atoms with E-state index in [4.69, 9.17) is 5.73 Å². The second kappa shape index (κ2) is 38.4. The third kappa shape index (κ3) is 26.0. The van der Waals surface area contributed by atoms with E-state index in [1.807, 2.05) is 6.92 Å². The molecule has 0 heterocycles. The molecule has 0 aliphatic rings. The predicted octanol–water partition coefficient (Wildman–Crippen LogP) is 0.711. The van der Waals surface area contributed by atoms with Crippen molar-refractivity contribution in [3.05, 3.63) is 102 Å². The number of benzene rings is 3. The SMILES string of the molecule is CC[C@H](C)[C@H](N)C(=O)N[C@H](C(=O)NCC(=O)N[C@@H](CC(=O)O)C(=O)N[C@@H](Cc1ccc(O)cc1)C(=O)N[C@H](C(=O)N[C@H](C(=O)N[C@@H](Cc1ccccc1)C(=O)N[C@@H](Cc1ccccc1)C(=O)N[C@@H](CC(=O)O)C(=O)N[C@H](C(=O)O)C(C)C)[C@@H](C)CC)C(C)C)[C@@H](C)CC. The Kier molecular flexibility index (Phi) is 32.1. The van der Waals surface area contributed by atoms with Crippen LogP contribution in [0.4, 0.5) is 0 Å². The molecule has 0 fully saturated rings. The average molecular weight is 1300 g/mol. The van der Waals surface area contributed by atoms with Crippen LogP contribution >= 0.6 is 0 Å². The maximum atomic E-state index is 14.7. The molecular weight excluding hydrogens is 1210 g/mol. The molecule has 13 atom stereocenters. The monoisotopic (exact) mass is 1300 g/mol. The quantitative estimate of drug-likeness (QED) is 0.0374. The summed E-state index contributed by atoms with van der Waals surface area (Å²) in [6.07, 6.45) is -1.40. The van der Waals surface area contributed by atoms with Crippen molar-refractivity contribution in [1.82, 2.24) is 53.2 Å². The van der Waals surface area contributed by atoms with Crippen LogP contribution in [0, 0.1) is 29.6 Å². The minimum Gasteiger partial charge on any atom is -0.508 e. The molecular formula is C65H93N11O17. The number of hydrogen-bond acceptors (Lipinski definition) is 15. The van der Waals surface area contributed by atoms with Gasteiger partial charge in [-0.3, -0.25) is 57.5 Å². The summed E-state index contributed by atoms with van der Waals surface area (Å²) in [6, 6.07) is 7.53. The topological polar surface area (TPSA) is 449 Å². The molecule has 3 aromatic carbocycles. The smallest absolute Gasteiger partial charge is 0.326 e. The number of carbonyl (C=O) groups is 13. The number of phenolic OH excluding ortho intramolecular Hbond substituents is 1. The van der Waals surface area contributed by atoms with Crippen molar-refractivity contribution in [1.29, 1.82) is 0 Å². The number of rotatable bonds is 39. The molecule has 93 heavy (non-hydrogen) atoms. The lowest BCUT2D eigenvalue weighted by molar-refractivity contribution is -0.144. The Morgan fingerprint density at radius 2 is 0.710 bits per heavy atom. The molecule has 28 nitrogen and oxygen atoms in total. The zero-order valence-electron chi connectivity index (χ0n) is 54.3. The van der Waals surface area contributed by atoms with E-state index in [0.717, 1.165) is 0 Å². The molecule has 0 spiro atoms. The van der Waals surface area contributed by atoms with Gasteiger partial charge in [-0.15, -0.1) is 0 Å². The van der Waals surface area contributed by atoms with Crippen LogP contribution < -0.4 is 58.9 Å². The van der Waals surface area contributed by atoms with Crippen molar-refractivity contribution in [3.8, 4) is 5.75 Å². The Balaban J connectivity index is 1.97. The van der Waals surface area contributed by atoms with Gasteiger partial charge in [-0.25, -0.2) is 4.79 Å². The van der Waals surface area contributed by atoms with Gasteiger partial charge in [-0.2, -0.15) is 0 Å². The predicted molar refractivity (Wildman–Crippen MR) is 341 cm³/mol. The molecule has 0 unspecified atom stereocenters. The number of amides is 10. The lowest BCUT2D eigenvalue weighted by Gasteiger charge is -2.31. The number of carboxylic acids is 3. The number of phenols is 1. The van der Waals surface area contributed by atoms with Crippen LogP contribution in [-0.4, -0.2) is 164 Å². The fourth-order valence-electron chi connectivity index (χ4n) is 9.53. The minimum absolute atomic E-state index is 0.141. The van der Waals surface area contributed by atoms with Gasteiger partial charge in [0.15, 0.2) is 0 Å². The fourth-order valence-corrected chi connectivity index (χ4v) is 9.53. The van der Waals surface area contributed by atoms with Crippen LogP contribution in [-0.2, 0) is 81.6 Å². The largest absolute Gasteiger partial charge is 0.508 e. The first-order chi connectivity index (χ1) is 43.8. The highest BCUT2D eigenvalue weighted by Gasteiger charge is 2.38. The second-order valence-corrected chi connectivity index (χ2v) is 24.0. The van der Waals surface area contributed by atoms with E-state index in [0.29, 0.717) is 29.5 Å². The molecule has 3 rings (SSSR count). The third-order valence-corrected chi connectivity index (χ3v) is 15.9. The maximum Gasteiger partial charge on any atom is 0.326 e. The molecule has 0 saturated carbocycles. The van der Waals surface area contributed by atoms with Gasteiger partial charge in [-0.05, 0) is 58.4 Å². The molecule has 16 N–H and O–H groups in total. The summed E-state index contributed by atoms with van der Waals surface area (Å²) >= 11 is 0. The van der Waals surface area contributed by atoms with Gasteiger partial charge < -0.3 is 79.3 Å². The number of carbonyl (C=O) groups excluding carboxylic acids is 10. The van der Waals surface area contributed by atoms with Gasteiger partial charge in [0, 0.05) is 19.3 Å². The normalized spacial score (nSPS) is 15.4. The molecule has 10 amide bonds. The highest BCUT2D eigenvalue weighted by molar-refractivity contribution is 6.00. The van der Waals surface area contributed by atoms with Gasteiger partial charge in [0.05, 0.1) is 25.4 Å². The zero-order valence-corrected chi connectivity index (χ0v) is 54.3. The number of nitrogens with one attached hydrogen (secondary N) is 10. The van der Waals surface area contributed by atoms with Gasteiger partial charge in [0.2, 0.25) is 59.1 Å². The fraction of sp³-hybridized carbons (Fsp3) is 0.523. The van der Waals surface area contributed by atoms with E-state index in [2.05, 4.69) is 53.2 Å². The molecule has 28 heteroatoms. The van der Waals surface area contributed by atoms with E-state index in [9.17, 15) is 82.8 Å². The van der Waals surface area contributed by atoms with Crippen LogP contribution in [0.5, 0.6) is 5.75 Å². The Labute approximate surface area is 541 Å². The number of aliphatic carboxylic acids is 3. The Morgan fingerprint density at radius 1 is 0.376 bits per heavy atom. The first-order valence-electron chi connectivity index (χ1n) is 31.1. The van der Waals surface area contributed by atoms with E-state index >= 15 is 0 Å². The number of carboxylic acid groups (broad SMARTS) is 3. The third-order valence-electron chi connectivity index (χ3n) is 15.9. The summed E-state index contributed by atoms with van der Waals surface area (Å²) in [5.74, 6) is -16.6. The summed E-state index contributed by atoms with van der Waals surface area (Å²) < 4.78 is 0. The lowest BCUT2D eigenvalue weighted by atomic mass is 9.95. The maximum absolute atomic E-state index is 14.7. The standard InChI is InChI=1S/C65H93N11O17/c1-11-36(8)51(66)61(88)75-54(37(9)12-2)62(89)67-33-48(78)68-46(31-49(79)80)58(85)70-45(30-41-24-26-42(77)27-25-41)59(86)73-52(34(4)5)63(90)76-55(38(10)13-3)64(91)72-44(29-40-22-18-15-19-23-40)57(84)69-43(28-39-20-16-14-17-21-39)56(83)71-47(32-50(81)82)60(87)74-53(35(6)7)65(92)93/h14-27,34-38,43-47,51-55,77H,11-13,28-33,66H2,1-10H3,(H,67,89)(H,68,78)(H,69,84)(H,70,85)(H,71,83)(H,72,91)(H,73,86)(H,74,87)(H,75,88)(H,76,90)(H,79,80)(H,81,82)(H,92,93)/t36-,37-,38-,43-,44-,45-,46-,47-,51-,52-,53-,54-,55-/m0/s1. The zero-order chi connectivity index (χ0) is 69.8. The summed E-state index contributed by atoms with van der Waals surface area (Å²) in [6.45, 7) is 15.9. The summed E-state index contributed by atoms with van der Waals surface area (Å²) in [7, 11) is 0. The number of aromatic hydroxyl groups is 1. The van der Waals surface area contributed by atoms with Crippen molar-refractivity contribution >= 4 is 77.0 Å². The van der Waals surface area contributed by atoms with Crippen molar-refractivity contribution in [2.24, 2.45) is 35.3 Å². The molecule has 3 aromatic rings. The molecule has 0 aliphatic carbocycles. The summed E-state index contributed by atoms with van der Waals surface area (Å²) in [5, 5.41) is 64.6. The van der Waals surface area contributed by atoms with Crippen LogP contribution in [0.3, 0.4) is 0 Å². The molecule has 0 aromatic heterocycles. The van der Waals surface area contributed by atoms with Crippen LogP contribution in [0.1, 0.15) is 118 Å². The molecule has 510 valence electrons. The first-order valence-corrected chi connectivity index (χ1v) is 31.1. The molecule has 0 radical (unpaired) electrons. The van der Waals surface area contributed by atoms with Gasteiger partial charge in [0.1, 0.15) is 60.1 Å². The number of nitrogens with two attached hydrogens (primary N) is 1. The van der Waals surface area contributed by atoms with Gasteiger partial charge in [-0.1, -0.05) is 161 Å². The van der Waals surface area contributed by atoms with Crippen LogP contribution in [0.15, 0.2) is 84.9 Å². The summed E-state index contributed by atoms with van der Waals surface area (Å²) in [4.78, 5) is 176. The Hall–Kier alpha value is -9.47. The van der Waals surface area contributed by atoms with Crippen molar-refractivity contribution in [2.75, 3.05) is 6.54 Å². The Bertz CT molecular complexity index is 3040. The highest BCUT2D eigenvalue weighted by Crippen LogP contribution is 2.17. The van der Waals surface area contributed by atoms with Gasteiger partial charge >= 0.3 is 17.9 Å². The van der Waals surface area contributed by atoms with E-state index in [1.165, 1.54) is 38.1 Å². The highest BCUT2D eigenvalue weighted by atomic mass is 16.4. The molecule has 0 aliphatic heterocycles. The van der Waals surface area contributed by atoms with Crippen molar-refractivity contribution in [2.45, 2.75) is 181 Å². The van der Waals surface area contributed by atoms with E-state index < -0.39 is 180 Å². The molecule has 0 saturated heterocycles. The number of hydrogen-bond donors (Lipinski definition) is 15. The summed E-state index contributed by atoms with van der Waals surface area (Å²) in [5.41, 5.74) is 7.52. The Morgan fingerprint density at radius 3 is 1.13 bits per heavy atom. The van der Waals surface area contributed by atoms with Crippen LogP contribution in [0.25, 0.3) is 0 Å².